The van der Waals surface area contributed by atoms with Crippen LogP contribution in [0.3, 0.4) is 0 Å². The molecule has 2 heterocycles. The lowest BCUT2D eigenvalue weighted by molar-refractivity contribution is -0.384. The van der Waals surface area contributed by atoms with E-state index in [-0.39, 0.29) is 30.0 Å². The van der Waals surface area contributed by atoms with Crippen LogP contribution in [0.25, 0.3) is 6.08 Å². The molecule has 214 valence electrons. The number of ether oxygens (including phenoxy) is 3. The molecule has 5 rings (SSSR count). The summed E-state index contributed by atoms with van der Waals surface area (Å²) >= 11 is 1.24. The molecule has 0 radical (unpaired) electrons. The fourth-order valence-corrected chi connectivity index (χ4v) is 5.72. The first-order chi connectivity index (χ1) is 20.3. The molecular weight excluding hydrogens is 558 g/mol. The van der Waals surface area contributed by atoms with Gasteiger partial charge in [0, 0.05) is 17.7 Å². The van der Waals surface area contributed by atoms with E-state index in [9.17, 15) is 19.7 Å². The first-order valence-electron chi connectivity index (χ1n) is 13.1. The number of nitro benzene ring substituents is 1. The second kappa shape index (κ2) is 12.2. The SMILES string of the molecule is CCOC(=O)C1=C(C)N=c2s/c(=C/c3ccc(OCc4ccc([N+](=O)[O-])cc4)cc3)c(=O)n2[C@H]1c1ccccc1OC. The van der Waals surface area contributed by atoms with Gasteiger partial charge in [0.2, 0.25) is 0 Å². The number of aromatic nitrogens is 1. The normalized spacial score (nSPS) is 14.6. The smallest absolute Gasteiger partial charge is 0.338 e. The Morgan fingerprint density at radius 2 is 1.81 bits per heavy atom. The van der Waals surface area contributed by atoms with Crippen LogP contribution in [0.1, 0.15) is 36.6 Å². The summed E-state index contributed by atoms with van der Waals surface area (Å²) in [6.45, 7) is 3.90. The van der Waals surface area contributed by atoms with Crippen LogP contribution in [-0.2, 0) is 16.1 Å². The molecule has 1 aliphatic rings. The van der Waals surface area contributed by atoms with Crippen LogP contribution >= 0.6 is 11.3 Å². The number of methoxy groups -OCH3 is 1. The number of esters is 1. The Bertz CT molecular complexity index is 1860. The molecular formula is C31H27N3O7S. The number of hydrogen-bond donors (Lipinski definition) is 0. The molecule has 1 aliphatic heterocycles. The average molecular weight is 586 g/mol. The predicted molar refractivity (Wildman–Crippen MR) is 157 cm³/mol. The van der Waals surface area contributed by atoms with Crippen molar-refractivity contribution < 1.29 is 23.9 Å². The standard InChI is InChI=1S/C31H27N3O7S/c1-4-40-30(36)27-19(2)32-31-33(28(27)24-7-5-6-8-25(24)39-3)29(35)26(42-31)17-20-11-15-23(16-12-20)41-18-21-9-13-22(14-10-21)34(37)38/h5-17,28H,4,18H2,1-3H3/b26-17+/t28-/m0/s1. The number of carbonyl (C=O) groups excluding carboxylic acids is 1. The van der Waals surface area contributed by atoms with Crippen molar-refractivity contribution in [1.29, 1.82) is 0 Å². The zero-order chi connectivity index (χ0) is 29.8. The number of rotatable bonds is 9. The maximum Gasteiger partial charge on any atom is 0.338 e. The quantitative estimate of drug-likeness (QED) is 0.163. The minimum Gasteiger partial charge on any atom is -0.496 e. The number of para-hydroxylation sites is 1. The van der Waals surface area contributed by atoms with Gasteiger partial charge in [-0.1, -0.05) is 41.7 Å². The molecule has 1 aromatic heterocycles. The van der Waals surface area contributed by atoms with Gasteiger partial charge in [-0.3, -0.25) is 19.5 Å². The molecule has 3 aromatic carbocycles. The van der Waals surface area contributed by atoms with Crippen molar-refractivity contribution in [2.45, 2.75) is 26.5 Å². The molecule has 0 amide bonds. The monoisotopic (exact) mass is 585 g/mol. The van der Waals surface area contributed by atoms with Crippen molar-refractivity contribution in [2.75, 3.05) is 13.7 Å². The molecule has 4 aromatic rings. The number of hydrogen-bond acceptors (Lipinski definition) is 9. The van der Waals surface area contributed by atoms with E-state index in [0.717, 1.165) is 11.1 Å². The first kappa shape index (κ1) is 28.5. The van der Waals surface area contributed by atoms with Gasteiger partial charge in [0.25, 0.3) is 11.2 Å². The van der Waals surface area contributed by atoms with Gasteiger partial charge in [0.1, 0.15) is 24.1 Å². The topological polar surface area (TPSA) is 122 Å². The van der Waals surface area contributed by atoms with Crippen molar-refractivity contribution in [2.24, 2.45) is 4.99 Å². The number of benzene rings is 3. The highest BCUT2D eigenvalue weighted by atomic mass is 32.1. The average Bonchev–Trinajstić information content (AvgIpc) is 3.30. The first-order valence-corrected chi connectivity index (χ1v) is 13.9. The second-order valence-electron chi connectivity index (χ2n) is 9.33. The lowest BCUT2D eigenvalue weighted by atomic mass is 9.95. The van der Waals surface area contributed by atoms with Crippen molar-refractivity contribution in [1.82, 2.24) is 4.57 Å². The number of thiazole rings is 1. The summed E-state index contributed by atoms with van der Waals surface area (Å²) in [5, 5.41) is 10.8. The Kier molecular flexibility index (Phi) is 8.30. The summed E-state index contributed by atoms with van der Waals surface area (Å²) in [6.07, 6.45) is 1.77. The third kappa shape index (κ3) is 5.72. The van der Waals surface area contributed by atoms with E-state index in [1.54, 1.807) is 57.4 Å². The second-order valence-corrected chi connectivity index (χ2v) is 10.3. The summed E-state index contributed by atoms with van der Waals surface area (Å²) < 4.78 is 18.7. The van der Waals surface area contributed by atoms with Gasteiger partial charge in [-0.15, -0.1) is 0 Å². The van der Waals surface area contributed by atoms with Gasteiger partial charge < -0.3 is 14.2 Å². The van der Waals surface area contributed by atoms with E-state index in [4.69, 9.17) is 14.2 Å². The highest BCUT2D eigenvalue weighted by Crippen LogP contribution is 2.35. The molecule has 0 fully saturated rings. The summed E-state index contributed by atoms with van der Waals surface area (Å²) in [5.41, 5.74) is 2.73. The fraction of sp³-hybridized carbons (Fsp3) is 0.194. The van der Waals surface area contributed by atoms with Crippen LogP contribution < -0.4 is 24.4 Å². The lowest BCUT2D eigenvalue weighted by Crippen LogP contribution is -2.40. The van der Waals surface area contributed by atoms with Gasteiger partial charge in [0.05, 0.1) is 34.4 Å². The van der Waals surface area contributed by atoms with E-state index in [1.807, 2.05) is 30.3 Å². The minimum atomic E-state index is -0.770. The van der Waals surface area contributed by atoms with Crippen molar-refractivity contribution in [3.63, 3.8) is 0 Å². The Labute approximate surface area is 244 Å². The molecule has 1 atom stereocenters. The van der Waals surface area contributed by atoms with Crippen LogP contribution in [-0.4, -0.2) is 29.2 Å². The fourth-order valence-electron chi connectivity index (χ4n) is 4.67. The molecule has 42 heavy (non-hydrogen) atoms. The Morgan fingerprint density at radius 3 is 2.48 bits per heavy atom. The van der Waals surface area contributed by atoms with Gasteiger partial charge in [-0.25, -0.2) is 9.79 Å². The third-order valence-corrected chi connectivity index (χ3v) is 7.66. The molecule has 0 aliphatic carbocycles. The van der Waals surface area contributed by atoms with E-state index >= 15 is 0 Å². The van der Waals surface area contributed by atoms with Crippen LogP contribution in [0, 0.1) is 10.1 Å². The number of non-ortho nitro benzene ring substituents is 1. The zero-order valence-electron chi connectivity index (χ0n) is 23.1. The van der Waals surface area contributed by atoms with Crippen molar-refractivity contribution in [3.05, 3.63) is 131 Å². The largest absolute Gasteiger partial charge is 0.496 e. The number of fused-ring (bicyclic) bond motifs is 1. The zero-order valence-corrected chi connectivity index (χ0v) is 23.9. The summed E-state index contributed by atoms with van der Waals surface area (Å²) in [7, 11) is 1.54. The number of nitrogens with zero attached hydrogens (tertiary/aromatic N) is 3. The molecule has 0 saturated carbocycles. The highest BCUT2D eigenvalue weighted by Gasteiger charge is 2.34. The number of allylic oxidation sites excluding steroid dienone is 1. The summed E-state index contributed by atoms with van der Waals surface area (Å²) in [5.74, 6) is 0.615. The molecule has 0 saturated heterocycles. The van der Waals surface area contributed by atoms with E-state index in [0.29, 0.717) is 32.1 Å². The van der Waals surface area contributed by atoms with E-state index in [1.165, 1.54) is 28.0 Å². The minimum absolute atomic E-state index is 0.0230. The summed E-state index contributed by atoms with van der Waals surface area (Å²) in [4.78, 5) is 42.4. The Hall–Kier alpha value is -5.03. The van der Waals surface area contributed by atoms with Crippen molar-refractivity contribution >= 4 is 29.1 Å². The molecule has 0 unspecified atom stereocenters. The molecule has 0 bridgehead atoms. The van der Waals surface area contributed by atoms with E-state index < -0.39 is 16.9 Å². The van der Waals surface area contributed by atoms with Crippen LogP contribution in [0.5, 0.6) is 11.5 Å². The van der Waals surface area contributed by atoms with Crippen LogP contribution in [0.15, 0.2) is 93.9 Å². The third-order valence-electron chi connectivity index (χ3n) is 6.68. The van der Waals surface area contributed by atoms with Gasteiger partial charge in [-0.05, 0) is 61.4 Å². The maximum atomic E-state index is 13.8. The molecule has 0 spiro atoms. The Morgan fingerprint density at radius 1 is 1.10 bits per heavy atom. The molecule has 11 heteroatoms. The van der Waals surface area contributed by atoms with Gasteiger partial charge in [0.15, 0.2) is 4.80 Å². The van der Waals surface area contributed by atoms with Crippen molar-refractivity contribution in [3.8, 4) is 11.5 Å². The van der Waals surface area contributed by atoms with Gasteiger partial charge in [-0.2, -0.15) is 0 Å². The lowest BCUT2D eigenvalue weighted by Gasteiger charge is -2.25. The summed E-state index contributed by atoms with van der Waals surface area (Å²) in [6, 6.07) is 19.9. The molecule has 10 nitrogen and oxygen atoms in total. The maximum absolute atomic E-state index is 13.8. The van der Waals surface area contributed by atoms with Crippen LogP contribution in [0.4, 0.5) is 5.69 Å². The number of carbonyl (C=O) groups is 1. The van der Waals surface area contributed by atoms with Gasteiger partial charge >= 0.3 is 5.97 Å². The van der Waals surface area contributed by atoms with Crippen LogP contribution in [0.2, 0.25) is 0 Å². The Balaban J connectivity index is 1.47. The highest BCUT2D eigenvalue weighted by molar-refractivity contribution is 7.07. The van der Waals surface area contributed by atoms with E-state index in [2.05, 4.69) is 4.99 Å². The number of nitro groups is 1. The predicted octanol–water partition coefficient (Wildman–Crippen LogP) is 4.29. The molecule has 0 N–H and O–H groups in total.